The number of hydrogen-bond donors (Lipinski definition) is 2. The zero-order valence-electron chi connectivity index (χ0n) is 13.6. The van der Waals surface area contributed by atoms with Crippen LogP contribution in [0.5, 0.6) is 5.75 Å². The Morgan fingerprint density at radius 1 is 1.22 bits per heavy atom. The molecule has 1 aromatic carbocycles. The Morgan fingerprint density at radius 2 is 1.96 bits per heavy atom. The molecule has 0 bridgehead atoms. The average molecular weight is 446 g/mol. The molecule has 0 aliphatic rings. The fraction of sp³-hybridized carbons (Fsp3) is 0.375. The largest absolute Gasteiger partial charge is 0.492 e. The van der Waals surface area contributed by atoms with Crippen LogP contribution >= 0.6 is 35.3 Å². The topological polar surface area (TPSA) is 58.5 Å². The first-order valence-electron chi connectivity index (χ1n) is 7.24. The number of aromatic nitrogens is 1. The van der Waals surface area contributed by atoms with E-state index in [1.807, 2.05) is 44.2 Å². The third-order valence-corrected chi connectivity index (χ3v) is 4.12. The van der Waals surface area contributed by atoms with Crippen LogP contribution < -0.4 is 15.4 Å². The second kappa shape index (κ2) is 10.4. The number of ether oxygens (including phenoxy) is 1. The number of rotatable bonds is 6. The van der Waals surface area contributed by atoms with Gasteiger partial charge in [0, 0.05) is 11.9 Å². The molecule has 0 aliphatic carbocycles. The minimum atomic E-state index is 0. The highest BCUT2D eigenvalue weighted by Crippen LogP contribution is 2.16. The predicted molar refractivity (Wildman–Crippen MR) is 107 cm³/mol. The van der Waals surface area contributed by atoms with Gasteiger partial charge in [-0.3, -0.25) is 4.99 Å². The third-order valence-electron chi connectivity index (χ3n) is 3.05. The fourth-order valence-corrected chi connectivity index (χ4v) is 2.85. The molecule has 2 N–H and O–H groups in total. The molecular formula is C16H23IN4OS. The molecule has 0 amide bonds. The van der Waals surface area contributed by atoms with Gasteiger partial charge in [0.2, 0.25) is 0 Å². The fourth-order valence-electron chi connectivity index (χ4n) is 1.98. The van der Waals surface area contributed by atoms with E-state index in [1.165, 1.54) is 4.88 Å². The maximum absolute atomic E-state index is 5.63. The van der Waals surface area contributed by atoms with Crippen LogP contribution in [-0.2, 0) is 6.54 Å². The summed E-state index contributed by atoms with van der Waals surface area (Å²) in [4.78, 5) is 9.87. The van der Waals surface area contributed by atoms with Gasteiger partial charge in [0.25, 0.3) is 0 Å². The number of benzene rings is 1. The molecule has 0 radical (unpaired) electrons. The number of nitrogens with zero attached hydrogens (tertiary/aromatic N) is 2. The molecule has 2 rings (SSSR count). The van der Waals surface area contributed by atoms with Crippen molar-refractivity contribution in [2.75, 3.05) is 20.2 Å². The van der Waals surface area contributed by atoms with Crippen LogP contribution in [0.25, 0.3) is 0 Å². The number of para-hydroxylation sites is 1. The van der Waals surface area contributed by atoms with Crippen molar-refractivity contribution < 1.29 is 4.74 Å². The van der Waals surface area contributed by atoms with E-state index in [-0.39, 0.29) is 24.0 Å². The van der Waals surface area contributed by atoms with Gasteiger partial charge in [-0.25, -0.2) is 4.98 Å². The van der Waals surface area contributed by atoms with Gasteiger partial charge in [-0.05, 0) is 26.0 Å². The first-order valence-corrected chi connectivity index (χ1v) is 8.06. The van der Waals surface area contributed by atoms with Gasteiger partial charge in [0.1, 0.15) is 12.4 Å². The number of nitrogens with one attached hydrogen (secondary N) is 2. The normalized spacial score (nSPS) is 10.8. The number of aliphatic imine (C=N–C) groups is 1. The zero-order chi connectivity index (χ0) is 15.8. The van der Waals surface area contributed by atoms with Gasteiger partial charge in [0.15, 0.2) is 5.96 Å². The first kappa shape index (κ1) is 19.7. The molecular weight excluding hydrogens is 423 g/mol. The number of hydrogen-bond acceptors (Lipinski definition) is 4. The van der Waals surface area contributed by atoms with Crippen LogP contribution in [0.2, 0.25) is 0 Å². The van der Waals surface area contributed by atoms with E-state index < -0.39 is 0 Å². The molecule has 7 heteroatoms. The number of halogens is 1. The van der Waals surface area contributed by atoms with Crippen LogP contribution in [0.1, 0.15) is 15.6 Å². The summed E-state index contributed by atoms with van der Waals surface area (Å²) in [6.45, 7) is 6.06. The lowest BCUT2D eigenvalue weighted by molar-refractivity contribution is 0.322. The minimum absolute atomic E-state index is 0. The average Bonchev–Trinajstić information content (AvgIpc) is 2.85. The molecule has 0 saturated carbocycles. The third kappa shape index (κ3) is 6.74. The number of guanidine groups is 1. The molecule has 23 heavy (non-hydrogen) atoms. The Morgan fingerprint density at radius 3 is 2.57 bits per heavy atom. The van der Waals surface area contributed by atoms with Gasteiger partial charge in [-0.15, -0.1) is 35.3 Å². The minimum Gasteiger partial charge on any atom is -0.492 e. The molecule has 0 saturated heterocycles. The summed E-state index contributed by atoms with van der Waals surface area (Å²) < 4.78 is 5.63. The van der Waals surface area contributed by atoms with Crippen LogP contribution in [0.3, 0.4) is 0 Å². The van der Waals surface area contributed by atoms with Crippen molar-refractivity contribution in [3.05, 3.63) is 45.9 Å². The van der Waals surface area contributed by atoms with E-state index in [0.717, 1.165) is 29.0 Å². The Labute approximate surface area is 158 Å². The molecule has 0 atom stereocenters. The van der Waals surface area contributed by atoms with E-state index in [0.29, 0.717) is 13.2 Å². The molecule has 0 aliphatic heterocycles. The molecule has 5 nitrogen and oxygen atoms in total. The van der Waals surface area contributed by atoms with Gasteiger partial charge in [-0.1, -0.05) is 18.2 Å². The molecule has 0 spiro atoms. The van der Waals surface area contributed by atoms with Crippen molar-refractivity contribution in [1.82, 2.24) is 15.6 Å². The highest BCUT2D eigenvalue weighted by Gasteiger charge is 2.05. The monoisotopic (exact) mass is 446 g/mol. The van der Waals surface area contributed by atoms with Gasteiger partial charge < -0.3 is 15.4 Å². The lowest BCUT2D eigenvalue weighted by Gasteiger charge is -2.12. The van der Waals surface area contributed by atoms with E-state index in [2.05, 4.69) is 20.6 Å². The Hall–Kier alpha value is -1.35. The summed E-state index contributed by atoms with van der Waals surface area (Å²) in [5.41, 5.74) is 1.08. The van der Waals surface area contributed by atoms with Gasteiger partial charge in [0.05, 0.1) is 23.8 Å². The molecule has 0 fully saturated rings. The molecule has 2 aromatic rings. The number of aryl methyl sites for hydroxylation is 2. The van der Waals surface area contributed by atoms with Crippen LogP contribution in [0.4, 0.5) is 0 Å². The van der Waals surface area contributed by atoms with Gasteiger partial charge in [-0.2, -0.15) is 0 Å². The smallest absolute Gasteiger partial charge is 0.191 e. The summed E-state index contributed by atoms with van der Waals surface area (Å²) in [6, 6.07) is 9.79. The maximum Gasteiger partial charge on any atom is 0.191 e. The highest BCUT2D eigenvalue weighted by atomic mass is 127. The Balaban J connectivity index is 0.00000264. The van der Waals surface area contributed by atoms with Crippen LogP contribution in [-0.4, -0.2) is 31.1 Å². The van der Waals surface area contributed by atoms with E-state index in [9.17, 15) is 0 Å². The van der Waals surface area contributed by atoms with Crippen LogP contribution in [0.15, 0.2) is 35.3 Å². The highest BCUT2D eigenvalue weighted by molar-refractivity contribution is 14.0. The summed E-state index contributed by atoms with van der Waals surface area (Å²) in [5, 5.41) is 7.62. The zero-order valence-corrected chi connectivity index (χ0v) is 16.8. The van der Waals surface area contributed by atoms with Crippen LogP contribution in [0, 0.1) is 13.8 Å². The van der Waals surface area contributed by atoms with E-state index >= 15 is 0 Å². The number of thiazole rings is 1. The lowest BCUT2D eigenvalue weighted by Crippen LogP contribution is -2.38. The van der Waals surface area contributed by atoms with Gasteiger partial charge >= 0.3 is 0 Å². The quantitative estimate of drug-likeness (QED) is 0.310. The standard InChI is InChI=1S/C16H22N4OS.HI/c1-12-15(22-13(2)20-12)11-19-16(17-3)18-9-10-21-14-7-5-4-6-8-14;/h4-8H,9-11H2,1-3H3,(H2,17,18,19);1H. The molecule has 1 heterocycles. The molecule has 126 valence electrons. The van der Waals surface area contributed by atoms with Crippen molar-refractivity contribution in [2.45, 2.75) is 20.4 Å². The molecule has 0 unspecified atom stereocenters. The van der Waals surface area contributed by atoms with Crippen molar-refractivity contribution in [3.63, 3.8) is 0 Å². The Bertz CT molecular complexity index is 616. The second-order valence-corrected chi connectivity index (χ2v) is 6.04. The van der Waals surface area contributed by atoms with Crippen molar-refractivity contribution in [2.24, 2.45) is 4.99 Å². The van der Waals surface area contributed by atoms with Crippen molar-refractivity contribution >= 4 is 41.3 Å². The maximum atomic E-state index is 5.63. The lowest BCUT2D eigenvalue weighted by atomic mass is 10.3. The van der Waals surface area contributed by atoms with Crippen molar-refractivity contribution in [1.29, 1.82) is 0 Å². The summed E-state index contributed by atoms with van der Waals surface area (Å²) in [5.74, 6) is 1.64. The SMILES string of the molecule is CN=C(NCCOc1ccccc1)NCc1sc(C)nc1C.I. The predicted octanol–water partition coefficient (Wildman–Crippen LogP) is 3.12. The second-order valence-electron chi connectivity index (χ2n) is 4.76. The first-order chi connectivity index (χ1) is 10.7. The Kier molecular flexibility index (Phi) is 8.93. The van der Waals surface area contributed by atoms with Crippen molar-refractivity contribution in [3.8, 4) is 5.75 Å². The molecule has 1 aromatic heterocycles. The summed E-state index contributed by atoms with van der Waals surface area (Å²) in [6.07, 6.45) is 0. The summed E-state index contributed by atoms with van der Waals surface area (Å²) in [7, 11) is 1.76. The summed E-state index contributed by atoms with van der Waals surface area (Å²) >= 11 is 1.71. The van der Waals surface area contributed by atoms with E-state index in [4.69, 9.17) is 4.74 Å². The van der Waals surface area contributed by atoms with E-state index in [1.54, 1.807) is 18.4 Å².